The van der Waals surface area contributed by atoms with Gasteiger partial charge in [0.05, 0.1) is 11.1 Å². The standard InChI is InChI=1S/C30H35FN8O2/c1-6-26(40)33-20-8-7-9-22(16-20)41-29-27-23(19(2)37(3)4)18-32-28(27)35-30(36-29)34-21-10-11-25(24(31)17-21)39-14-12-38(5)13-15-39/h6-11,16-19H,1,12-15H2,2-5H3,(H,33,40)(H2,32,34,35,36). The minimum absolute atomic E-state index is 0.0444. The summed E-state index contributed by atoms with van der Waals surface area (Å²) in [5.74, 6) is 0.421. The normalized spacial score (nSPS) is 14.7. The molecule has 1 fully saturated rings. The molecule has 3 N–H and O–H groups in total. The summed E-state index contributed by atoms with van der Waals surface area (Å²) < 4.78 is 21.5. The Labute approximate surface area is 238 Å². The fraction of sp³-hybridized carbons (Fsp3) is 0.300. The van der Waals surface area contributed by atoms with Crippen LogP contribution in [-0.2, 0) is 4.79 Å². The second kappa shape index (κ2) is 11.9. The Morgan fingerprint density at radius 3 is 2.63 bits per heavy atom. The van der Waals surface area contributed by atoms with E-state index in [0.717, 1.165) is 37.1 Å². The first-order valence-electron chi connectivity index (χ1n) is 13.5. The van der Waals surface area contributed by atoms with Crippen molar-refractivity contribution in [2.45, 2.75) is 13.0 Å². The van der Waals surface area contributed by atoms with Crippen molar-refractivity contribution in [3.8, 4) is 11.6 Å². The van der Waals surface area contributed by atoms with Gasteiger partial charge in [-0.05, 0) is 64.5 Å². The molecule has 1 aliphatic rings. The fourth-order valence-electron chi connectivity index (χ4n) is 4.72. The number of fused-ring (bicyclic) bond motifs is 1. The van der Waals surface area contributed by atoms with Gasteiger partial charge in [-0.3, -0.25) is 4.79 Å². The van der Waals surface area contributed by atoms with Gasteiger partial charge in [-0.2, -0.15) is 9.97 Å². The van der Waals surface area contributed by atoms with Crippen molar-refractivity contribution < 1.29 is 13.9 Å². The molecule has 1 atom stereocenters. The van der Waals surface area contributed by atoms with Crippen LogP contribution >= 0.6 is 0 Å². The third kappa shape index (κ3) is 6.31. The molecule has 0 radical (unpaired) electrons. The van der Waals surface area contributed by atoms with Crippen LogP contribution in [0.5, 0.6) is 11.6 Å². The highest BCUT2D eigenvalue weighted by Gasteiger charge is 2.22. The Morgan fingerprint density at radius 2 is 1.93 bits per heavy atom. The minimum Gasteiger partial charge on any atom is -0.438 e. The van der Waals surface area contributed by atoms with E-state index in [-0.39, 0.29) is 23.7 Å². The number of carbonyl (C=O) groups is 1. The molecule has 3 heterocycles. The number of aromatic amines is 1. The van der Waals surface area contributed by atoms with E-state index in [1.807, 2.05) is 26.4 Å². The first-order chi connectivity index (χ1) is 19.7. The molecule has 0 bridgehead atoms. The second-order valence-corrected chi connectivity index (χ2v) is 10.4. The number of ether oxygens (including phenoxy) is 1. The van der Waals surface area contributed by atoms with Gasteiger partial charge in [0.2, 0.25) is 17.7 Å². The molecule has 4 aromatic rings. The Hall–Kier alpha value is -4.48. The number of nitrogens with one attached hydrogen (secondary N) is 3. The molecule has 10 nitrogen and oxygen atoms in total. The van der Waals surface area contributed by atoms with Crippen molar-refractivity contribution in [2.24, 2.45) is 0 Å². The van der Waals surface area contributed by atoms with E-state index >= 15 is 4.39 Å². The van der Waals surface area contributed by atoms with Crippen molar-refractivity contribution in [3.05, 3.63) is 72.7 Å². The zero-order valence-corrected chi connectivity index (χ0v) is 23.7. The number of halogens is 1. The van der Waals surface area contributed by atoms with Crippen LogP contribution < -0.4 is 20.3 Å². The van der Waals surface area contributed by atoms with Gasteiger partial charge in [0.25, 0.3) is 0 Å². The lowest BCUT2D eigenvalue weighted by Gasteiger charge is -2.34. The topological polar surface area (TPSA) is 102 Å². The lowest BCUT2D eigenvalue weighted by molar-refractivity contribution is -0.111. The molecule has 0 aliphatic carbocycles. The van der Waals surface area contributed by atoms with Crippen molar-refractivity contribution in [1.29, 1.82) is 0 Å². The maximum absolute atomic E-state index is 15.2. The molecule has 214 valence electrons. The third-order valence-corrected chi connectivity index (χ3v) is 7.30. The molecular formula is C30H35FN8O2. The zero-order valence-electron chi connectivity index (χ0n) is 23.7. The predicted octanol–water partition coefficient (Wildman–Crippen LogP) is 5.13. The summed E-state index contributed by atoms with van der Waals surface area (Å²) in [6, 6.07) is 12.1. The van der Waals surface area contributed by atoms with Crippen LogP contribution in [0.3, 0.4) is 0 Å². The molecule has 1 amide bonds. The van der Waals surface area contributed by atoms with Crippen molar-refractivity contribution in [2.75, 3.05) is 62.9 Å². The Kier molecular flexibility index (Phi) is 8.18. The number of rotatable bonds is 9. The third-order valence-electron chi connectivity index (χ3n) is 7.30. The summed E-state index contributed by atoms with van der Waals surface area (Å²) >= 11 is 0. The van der Waals surface area contributed by atoms with E-state index in [0.29, 0.717) is 34.3 Å². The number of amides is 1. The molecule has 1 saturated heterocycles. The van der Waals surface area contributed by atoms with Crippen LogP contribution in [0.15, 0.2) is 61.3 Å². The van der Waals surface area contributed by atoms with Gasteiger partial charge in [-0.1, -0.05) is 12.6 Å². The fourth-order valence-corrected chi connectivity index (χ4v) is 4.72. The summed E-state index contributed by atoms with van der Waals surface area (Å²) in [6.45, 7) is 8.91. The van der Waals surface area contributed by atoms with Crippen molar-refractivity contribution >= 4 is 40.0 Å². The van der Waals surface area contributed by atoms with Gasteiger partial charge in [0.15, 0.2) is 0 Å². The van der Waals surface area contributed by atoms with Crippen LogP contribution in [0.2, 0.25) is 0 Å². The highest BCUT2D eigenvalue weighted by molar-refractivity contribution is 5.99. The quantitative estimate of drug-likeness (QED) is 0.243. The van der Waals surface area contributed by atoms with E-state index in [1.165, 1.54) is 12.1 Å². The van der Waals surface area contributed by atoms with E-state index in [4.69, 9.17) is 9.72 Å². The SMILES string of the molecule is C=CC(=O)Nc1cccc(Oc2nc(Nc3ccc(N4CCN(C)CC4)c(F)c3)nc3[nH]cc(C(C)N(C)C)c23)c1. The van der Waals surface area contributed by atoms with Crippen LogP contribution in [0.4, 0.5) is 27.4 Å². The molecule has 41 heavy (non-hydrogen) atoms. The molecule has 0 spiro atoms. The number of piperazine rings is 1. The number of hydrogen-bond acceptors (Lipinski definition) is 8. The average molecular weight is 559 g/mol. The molecule has 2 aromatic heterocycles. The first-order valence-corrected chi connectivity index (χ1v) is 13.5. The Bertz CT molecular complexity index is 1560. The summed E-state index contributed by atoms with van der Waals surface area (Å²) in [5, 5.41) is 6.61. The Balaban J connectivity index is 1.47. The number of hydrogen-bond donors (Lipinski definition) is 3. The van der Waals surface area contributed by atoms with Gasteiger partial charge >= 0.3 is 0 Å². The van der Waals surface area contributed by atoms with Crippen LogP contribution in [0, 0.1) is 5.82 Å². The number of anilines is 4. The van der Waals surface area contributed by atoms with Crippen LogP contribution in [-0.4, -0.2) is 78.0 Å². The summed E-state index contributed by atoms with van der Waals surface area (Å²) in [4.78, 5) is 30.8. The number of H-pyrrole nitrogens is 1. The zero-order chi connectivity index (χ0) is 29.1. The number of carbonyl (C=O) groups excluding carboxylic acids is 1. The van der Waals surface area contributed by atoms with Crippen molar-refractivity contribution in [3.63, 3.8) is 0 Å². The molecular weight excluding hydrogens is 523 g/mol. The Morgan fingerprint density at radius 1 is 1.15 bits per heavy atom. The molecule has 2 aromatic carbocycles. The average Bonchev–Trinajstić information content (AvgIpc) is 3.37. The van der Waals surface area contributed by atoms with Crippen molar-refractivity contribution in [1.82, 2.24) is 24.8 Å². The molecule has 0 saturated carbocycles. The molecule has 11 heteroatoms. The maximum Gasteiger partial charge on any atom is 0.247 e. The van der Waals surface area contributed by atoms with E-state index in [9.17, 15) is 4.79 Å². The number of aromatic nitrogens is 3. The minimum atomic E-state index is -0.323. The van der Waals surface area contributed by atoms with Gasteiger partial charge in [-0.15, -0.1) is 0 Å². The van der Waals surface area contributed by atoms with E-state index in [2.05, 4.69) is 55.9 Å². The van der Waals surface area contributed by atoms with Gasteiger partial charge in [0.1, 0.15) is 17.2 Å². The smallest absolute Gasteiger partial charge is 0.247 e. The maximum atomic E-state index is 15.2. The first kappa shape index (κ1) is 28.1. The number of likely N-dealkylation sites (N-methyl/N-ethyl adjacent to an activating group) is 1. The number of benzene rings is 2. The van der Waals surface area contributed by atoms with Gasteiger partial charge in [0, 0.05) is 61.4 Å². The van der Waals surface area contributed by atoms with E-state index < -0.39 is 0 Å². The van der Waals surface area contributed by atoms with Crippen LogP contribution in [0.1, 0.15) is 18.5 Å². The number of nitrogens with zero attached hydrogens (tertiary/aromatic N) is 5. The van der Waals surface area contributed by atoms with Gasteiger partial charge < -0.3 is 35.1 Å². The molecule has 1 unspecified atom stereocenters. The highest BCUT2D eigenvalue weighted by atomic mass is 19.1. The predicted molar refractivity (Wildman–Crippen MR) is 161 cm³/mol. The second-order valence-electron chi connectivity index (χ2n) is 10.4. The van der Waals surface area contributed by atoms with E-state index in [1.54, 1.807) is 30.3 Å². The largest absolute Gasteiger partial charge is 0.438 e. The summed E-state index contributed by atoms with van der Waals surface area (Å²) in [5.41, 5.74) is 3.20. The summed E-state index contributed by atoms with van der Waals surface area (Å²) in [6.07, 6.45) is 3.10. The molecule has 5 rings (SSSR count). The summed E-state index contributed by atoms with van der Waals surface area (Å²) in [7, 11) is 6.06. The molecule has 1 aliphatic heterocycles. The highest BCUT2D eigenvalue weighted by Crippen LogP contribution is 2.36. The lowest BCUT2D eigenvalue weighted by Crippen LogP contribution is -2.44. The van der Waals surface area contributed by atoms with Crippen LogP contribution in [0.25, 0.3) is 11.0 Å². The monoisotopic (exact) mass is 558 g/mol. The van der Waals surface area contributed by atoms with Gasteiger partial charge in [-0.25, -0.2) is 4.39 Å². The lowest BCUT2D eigenvalue weighted by atomic mass is 10.1.